The molecule has 0 saturated heterocycles. The number of anilines is 1. The Morgan fingerprint density at radius 1 is 1.28 bits per heavy atom. The highest BCUT2D eigenvalue weighted by atomic mass is 19.1. The quantitative estimate of drug-likeness (QED) is 0.861. The summed E-state index contributed by atoms with van der Waals surface area (Å²) in [6.07, 6.45) is 4.88. The third-order valence-corrected chi connectivity index (χ3v) is 3.64. The van der Waals surface area contributed by atoms with Crippen molar-refractivity contribution in [2.75, 3.05) is 18.4 Å². The fraction of sp³-hybridized carbons (Fsp3) is 0.500. The second kappa shape index (κ2) is 4.96. The Bertz CT molecular complexity index is 464. The lowest BCUT2D eigenvalue weighted by molar-refractivity contribution is 0.624. The molecule has 2 N–H and O–H groups in total. The molecule has 0 atom stereocenters. The lowest BCUT2D eigenvalue weighted by Crippen LogP contribution is -2.24. The van der Waals surface area contributed by atoms with E-state index in [-0.39, 0.29) is 5.82 Å². The second-order valence-electron chi connectivity index (χ2n) is 4.95. The summed E-state index contributed by atoms with van der Waals surface area (Å²) in [7, 11) is 0. The zero-order chi connectivity index (χ0) is 12.4. The third kappa shape index (κ3) is 2.19. The Hall–Kier alpha value is -1.58. The molecule has 1 saturated carbocycles. The van der Waals surface area contributed by atoms with Crippen LogP contribution in [0.5, 0.6) is 0 Å². The minimum atomic E-state index is -0.203. The maximum absolute atomic E-state index is 14.0. The van der Waals surface area contributed by atoms with Crippen LogP contribution < -0.4 is 10.6 Å². The van der Waals surface area contributed by atoms with Crippen molar-refractivity contribution in [1.82, 2.24) is 5.32 Å². The highest BCUT2D eigenvalue weighted by Crippen LogP contribution is 2.26. The first-order chi connectivity index (χ1) is 8.84. The van der Waals surface area contributed by atoms with Crippen LogP contribution in [0.4, 0.5) is 10.1 Å². The summed E-state index contributed by atoms with van der Waals surface area (Å²) in [5.74, 6) is 0.486. The van der Waals surface area contributed by atoms with Crippen LogP contribution in [0.2, 0.25) is 0 Å². The van der Waals surface area contributed by atoms with Crippen molar-refractivity contribution in [3.05, 3.63) is 29.6 Å². The van der Waals surface area contributed by atoms with E-state index in [1.54, 1.807) is 6.07 Å². The molecule has 3 nitrogen and oxygen atoms in total. The average Bonchev–Trinajstić information content (AvgIpc) is 3.01. The summed E-state index contributed by atoms with van der Waals surface area (Å²) < 4.78 is 14.0. The maximum Gasteiger partial charge on any atom is 0.136 e. The van der Waals surface area contributed by atoms with Gasteiger partial charge in [-0.1, -0.05) is 18.9 Å². The van der Waals surface area contributed by atoms with Crippen molar-refractivity contribution in [3.8, 4) is 0 Å². The van der Waals surface area contributed by atoms with Crippen molar-refractivity contribution in [2.45, 2.75) is 31.7 Å². The summed E-state index contributed by atoms with van der Waals surface area (Å²) in [5.41, 5.74) is 1.47. The molecule has 18 heavy (non-hydrogen) atoms. The lowest BCUT2D eigenvalue weighted by Gasteiger charge is -2.17. The molecule has 0 spiro atoms. The largest absolute Gasteiger partial charge is 0.382 e. The van der Waals surface area contributed by atoms with E-state index in [0.29, 0.717) is 17.4 Å². The molecule has 96 valence electrons. The molecule has 0 radical (unpaired) electrons. The molecule has 3 rings (SSSR count). The van der Waals surface area contributed by atoms with E-state index in [1.807, 2.05) is 6.07 Å². The van der Waals surface area contributed by atoms with Crippen LogP contribution in [-0.2, 0) is 0 Å². The molecule has 1 heterocycles. The van der Waals surface area contributed by atoms with E-state index < -0.39 is 0 Å². The standard InChI is InChI=1S/C14H18FN3/c15-11-6-3-7-12(18-10-4-1-2-5-10)13(11)14-16-8-9-17-14/h3,6-7,10,18H,1-2,4-5,8-9H2,(H,16,17). The van der Waals surface area contributed by atoms with Crippen LogP contribution in [0.25, 0.3) is 0 Å². The first kappa shape index (κ1) is 11.5. The first-order valence-corrected chi connectivity index (χ1v) is 6.68. The number of hydrogen-bond donors (Lipinski definition) is 2. The summed E-state index contributed by atoms with van der Waals surface area (Å²) in [5, 5.41) is 6.62. The molecule has 0 unspecified atom stereocenters. The van der Waals surface area contributed by atoms with Crippen LogP contribution >= 0.6 is 0 Å². The van der Waals surface area contributed by atoms with Gasteiger partial charge in [0.2, 0.25) is 0 Å². The van der Waals surface area contributed by atoms with E-state index in [1.165, 1.54) is 31.7 Å². The fourth-order valence-corrected chi connectivity index (χ4v) is 2.74. The number of aliphatic imine (C=N–C) groups is 1. The van der Waals surface area contributed by atoms with Crippen molar-refractivity contribution in [1.29, 1.82) is 0 Å². The number of nitrogens with zero attached hydrogens (tertiary/aromatic N) is 1. The van der Waals surface area contributed by atoms with Crippen LogP contribution in [0.3, 0.4) is 0 Å². The lowest BCUT2D eigenvalue weighted by atomic mass is 10.1. The minimum Gasteiger partial charge on any atom is -0.382 e. The summed E-state index contributed by atoms with van der Waals surface area (Å²) in [6.45, 7) is 1.53. The second-order valence-corrected chi connectivity index (χ2v) is 4.95. The Balaban J connectivity index is 1.90. The monoisotopic (exact) mass is 247 g/mol. The molecular weight excluding hydrogens is 229 g/mol. The molecule has 0 aromatic heterocycles. The van der Waals surface area contributed by atoms with Gasteiger partial charge in [-0.3, -0.25) is 4.99 Å². The molecule has 1 aliphatic heterocycles. The van der Waals surface area contributed by atoms with E-state index in [2.05, 4.69) is 15.6 Å². The minimum absolute atomic E-state index is 0.203. The predicted octanol–water partition coefficient (Wildman–Crippen LogP) is 2.53. The highest BCUT2D eigenvalue weighted by molar-refractivity contribution is 6.04. The molecule has 1 aliphatic carbocycles. The van der Waals surface area contributed by atoms with Gasteiger partial charge >= 0.3 is 0 Å². The predicted molar refractivity (Wildman–Crippen MR) is 71.7 cm³/mol. The van der Waals surface area contributed by atoms with Gasteiger partial charge in [0.25, 0.3) is 0 Å². The van der Waals surface area contributed by atoms with Gasteiger partial charge in [-0.05, 0) is 25.0 Å². The van der Waals surface area contributed by atoms with Gasteiger partial charge in [0.15, 0.2) is 0 Å². The van der Waals surface area contributed by atoms with Gasteiger partial charge in [0.1, 0.15) is 11.7 Å². The molecule has 0 bridgehead atoms. The number of hydrogen-bond acceptors (Lipinski definition) is 3. The number of benzene rings is 1. The normalized spacial score (nSPS) is 19.7. The SMILES string of the molecule is Fc1cccc(NC2CCCC2)c1C1=NCCN1. The highest BCUT2D eigenvalue weighted by Gasteiger charge is 2.20. The number of halogens is 1. The van der Waals surface area contributed by atoms with Crippen LogP contribution in [0.15, 0.2) is 23.2 Å². The maximum atomic E-state index is 14.0. The smallest absolute Gasteiger partial charge is 0.136 e. The van der Waals surface area contributed by atoms with Crippen LogP contribution in [0.1, 0.15) is 31.2 Å². The molecule has 1 aromatic carbocycles. The topological polar surface area (TPSA) is 36.4 Å². The summed E-state index contributed by atoms with van der Waals surface area (Å²) in [4.78, 5) is 4.33. The Kier molecular flexibility index (Phi) is 3.17. The van der Waals surface area contributed by atoms with Gasteiger partial charge in [-0.2, -0.15) is 0 Å². The summed E-state index contributed by atoms with van der Waals surface area (Å²) >= 11 is 0. The average molecular weight is 247 g/mol. The Labute approximate surface area is 106 Å². The number of rotatable bonds is 3. The molecule has 2 aliphatic rings. The zero-order valence-electron chi connectivity index (χ0n) is 10.4. The molecule has 0 amide bonds. The van der Waals surface area contributed by atoms with Crippen molar-refractivity contribution < 1.29 is 4.39 Å². The van der Waals surface area contributed by atoms with Crippen molar-refractivity contribution >= 4 is 11.5 Å². The van der Waals surface area contributed by atoms with Gasteiger partial charge < -0.3 is 10.6 Å². The number of nitrogens with one attached hydrogen (secondary N) is 2. The fourth-order valence-electron chi connectivity index (χ4n) is 2.74. The van der Waals surface area contributed by atoms with Crippen molar-refractivity contribution in [2.24, 2.45) is 4.99 Å². The Morgan fingerprint density at radius 3 is 2.83 bits per heavy atom. The Morgan fingerprint density at radius 2 is 2.11 bits per heavy atom. The van der Waals surface area contributed by atoms with Gasteiger partial charge in [-0.15, -0.1) is 0 Å². The third-order valence-electron chi connectivity index (χ3n) is 3.64. The van der Waals surface area contributed by atoms with Crippen molar-refractivity contribution in [3.63, 3.8) is 0 Å². The first-order valence-electron chi connectivity index (χ1n) is 6.68. The molecule has 1 fully saturated rings. The summed E-state index contributed by atoms with van der Waals surface area (Å²) in [6, 6.07) is 5.68. The van der Waals surface area contributed by atoms with Gasteiger partial charge in [0.05, 0.1) is 12.1 Å². The molecule has 1 aromatic rings. The zero-order valence-corrected chi connectivity index (χ0v) is 10.4. The van der Waals surface area contributed by atoms with E-state index in [0.717, 1.165) is 18.8 Å². The number of amidine groups is 1. The van der Waals surface area contributed by atoms with Gasteiger partial charge in [0, 0.05) is 18.3 Å². The van der Waals surface area contributed by atoms with E-state index in [4.69, 9.17) is 0 Å². The molecule has 4 heteroatoms. The van der Waals surface area contributed by atoms with E-state index >= 15 is 0 Å². The van der Waals surface area contributed by atoms with Crippen LogP contribution in [0, 0.1) is 5.82 Å². The van der Waals surface area contributed by atoms with E-state index in [9.17, 15) is 4.39 Å². The van der Waals surface area contributed by atoms with Crippen LogP contribution in [-0.4, -0.2) is 25.0 Å². The molecular formula is C14H18FN3. The van der Waals surface area contributed by atoms with Gasteiger partial charge in [-0.25, -0.2) is 4.39 Å².